The van der Waals surface area contributed by atoms with Gasteiger partial charge in [-0.1, -0.05) is 23.2 Å². The fourth-order valence-corrected chi connectivity index (χ4v) is 1.81. The first-order chi connectivity index (χ1) is 8.08. The van der Waals surface area contributed by atoms with Crippen LogP contribution in [0.15, 0.2) is 18.5 Å². The van der Waals surface area contributed by atoms with Crippen molar-refractivity contribution in [3.63, 3.8) is 0 Å². The second-order valence-electron chi connectivity index (χ2n) is 3.41. The molecule has 2 aromatic rings. The average molecular weight is 275 g/mol. The molecule has 0 fully saturated rings. The summed E-state index contributed by atoms with van der Waals surface area (Å²) in [6.45, 7) is 0.453. The Morgan fingerprint density at radius 3 is 2.53 bits per heavy atom. The molecule has 2 rings (SSSR count). The molecule has 0 amide bonds. The Labute approximate surface area is 107 Å². The summed E-state index contributed by atoms with van der Waals surface area (Å²) >= 11 is 11.4. The van der Waals surface area contributed by atoms with Gasteiger partial charge in [0.2, 0.25) is 0 Å². The van der Waals surface area contributed by atoms with E-state index in [1.165, 1.54) is 18.5 Å². The monoisotopic (exact) mass is 274 g/mol. The molecule has 0 bridgehead atoms. The topological polar surface area (TPSA) is 42.7 Å². The first-order valence-electron chi connectivity index (χ1n) is 4.79. The van der Waals surface area contributed by atoms with Crippen LogP contribution in [0.4, 0.5) is 10.1 Å². The highest BCUT2D eigenvalue weighted by Gasteiger charge is 2.08. The number of hydrogen-bond donors (Lipinski definition) is 1. The molecule has 0 spiro atoms. The molecule has 0 aliphatic carbocycles. The van der Waals surface area contributed by atoms with Crippen molar-refractivity contribution in [1.29, 1.82) is 0 Å². The van der Waals surface area contributed by atoms with Crippen LogP contribution in [0.3, 0.4) is 0 Å². The van der Waals surface area contributed by atoms with Crippen LogP contribution in [0, 0.1) is 5.82 Å². The van der Waals surface area contributed by atoms with Gasteiger partial charge in [-0.3, -0.25) is 4.68 Å². The van der Waals surface area contributed by atoms with Gasteiger partial charge in [0.1, 0.15) is 12.2 Å². The molecule has 0 unspecified atom stereocenters. The van der Waals surface area contributed by atoms with Crippen molar-refractivity contribution in [3.8, 4) is 0 Å². The number of benzene rings is 1. The summed E-state index contributed by atoms with van der Waals surface area (Å²) in [7, 11) is 1.79. The third-order valence-corrected chi connectivity index (χ3v) is 2.79. The lowest BCUT2D eigenvalue weighted by molar-refractivity contribution is 0.629. The summed E-state index contributed by atoms with van der Waals surface area (Å²) in [5.41, 5.74) is 0.629. The molecule has 1 aromatic carbocycles. The highest BCUT2D eigenvalue weighted by atomic mass is 35.5. The van der Waals surface area contributed by atoms with E-state index in [2.05, 4.69) is 15.4 Å². The highest BCUT2D eigenvalue weighted by Crippen LogP contribution is 2.27. The van der Waals surface area contributed by atoms with Crippen LogP contribution in [0.25, 0.3) is 0 Å². The largest absolute Gasteiger partial charge is 0.378 e. The van der Waals surface area contributed by atoms with Crippen molar-refractivity contribution < 1.29 is 4.39 Å². The molecule has 0 saturated heterocycles. The Morgan fingerprint density at radius 1 is 1.35 bits per heavy atom. The number of anilines is 1. The van der Waals surface area contributed by atoms with E-state index in [1.54, 1.807) is 11.7 Å². The Kier molecular flexibility index (Phi) is 3.49. The second kappa shape index (κ2) is 4.89. The first-order valence-corrected chi connectivity index (χ1v) is 5.55. The zero-order chi connectivity index (χ0) is 12.4. The summed E-state index contributed by atoms with van der Waals surface area (Å²) in [4.78, 5) is 4.04. The van der Waals surface area contributed by atoms with Gasteiger partial charge in [0, 0.05) is 12.7 Å². The number of nitrogens with one attached hydrogen (secondary N) is 1. The van der Waals surface area contributed by atoms with Gasteiger partial charge in [-0.25, -0.2) is 9.37 Å². The van der Waals surface area contributed by atoms with Gasteiger partial charge >= 0.3 is 0 Å². The van der Waals surface area contributed by atoms with E-state index in [1.807, 2.05) is 0 Å². The van der Waals surface area contributed by atoms with E-state index in [4.69, 9.17) is 23.2 Å². The second-order valence-corrected chi connectivity index (χ2v) is 4.22. The molecule has 1 heterocycles. The molecule has 90 valence electrons. The molecule has 17 heavy (non-hydrogen) atoms. The van der Waals surface area contributed by atoms with E-state index in [-0.39, 0.29) is 10.0 Å². The number of aryl methyl sites for hydroxylation is 1. The summed E-state index contributed by atoms with van der Waals surface area (Å²) in [5, 5.41) is 6.94. The van der Waals surface area contributed by atoms with Crippen molar-refractivity contribution in [2.45, 2.75) is 6.54 Å². The SMILES string of the molecule is Cn1ncnc1CNc1cc(Cl)c(F)c(Cl)c1. The lowest BCUT2D eigenvalue weighted by atomic mass is 10.3. The quantitative estimate of drug-likeness (QED) is 0.876. The first kappa shape index (κ1) is 12.1. The molecule has 7 heteroatoms. The molecule has 1 aromatic heterocycles. The number of aromatic nitrogens is 3. The highest BCUT2D eigenvalue weighted by molar-refractivity contribution is 6.35. The summed E-state index contributed by atoms with van der Waals surface area (Å²) < 4.78 is 14.8. The number of halogens is 3. The van der Waals surface area contributed by atoms with Gasteiger partial charge in [-0.05, 0) is 12.1 Å². The molecule has 0 aliphatic rings. The molecular weight excluding hydrogens is 266 g/mol. The third kappa shape index (κ3) is 2.68. The van der Waals surface area contributed by atoms with E-state index in [0.717, 1.165) is 5.82 Å². The van der Waals surface area contributed by atoms with Crippen LogP contribution in [-0.2, 0) is 13.6 Å². The van der Waals surface area contributed by atoms with Gasteiger partial charge in [0.15, 0.2) is 5.82 Å². The molecule has 0 aliphatic heterocycles. The molecule has 1 N–H and O–H groups in total. The number of nitrogens with zero attached hydrogens (tertiary/aromatic N) is 3. The zero-order valence-electron chi connectivity index (χ0n) is 8.91. The fourth-order valence-electron chi connectivity index (χ4n) is 1.32. The minimum atomic E-state index is -0.613. The minimum absolute atomic E-state index is 0.0158. The van der Waals surface area contributed by atoms with Gasteiger partial charge < -0.3 is 5.32 Å². The van der Waals surface area contributed by atoms with Crippen LogP contribution < -0.4 is 5.32 Å². The Hall–Kier alpha value is -1.33. The van der Waals surface area contributed by atoms with Crippen molar-refractivity contribution in [1.82, 2.24) is 14.8 Å². The maximum atomic E-state index is 13.2. The Balaban J connectivity index is 2.12. The van der Waals surface area contributed by atoms with Gasteiger partial charge in [-0.15, -0.1) is 0 Å². The predicted octanol–water partition coefficient (Wildman–Crippen LogP) is 2.87. The standard InChI is InChI=1S/C10H9Cl2FN4/c1-17-9(15-5-16-17)4-14-6-2-7(11)10(13)8(12)3-6/h2-3,5,14H,4H2,1H3. The number of rotatable bonds is 3. The summed E-state index contributed by atoms with van der Waals surface area (Å²) in [6, 6.07) is 2.94. The molecular formula is C10H9Cl2FN4. The molecule has 0 saturated carbocycles. The van der Waals surface area contributed by atoms with Crippen molar-refractivity contribution in [2.75, 3.05) is 5.32 Å². The fraction of sp³-hybridized carbons (Fsp3) is 0.200. The minimum Gasteiger partial charge on any atom is -0.378 e. The maximum absolute atomic E-state index is 13.2. The maximum Gasteiger partial charge on any atom is 0.160 e. The van der Waals surface area contributed by atoms with Crippen LogP contribution in [-0.4, -0.2) is 14.8 Å². The van der Waals surface area contributed by atoms with Crippen LogP contribution in [0.5, 0.6) is 0 Å². The Morgan fingerprint density at radius 2 is 2.00 bits per heavy atom. The van der Waals surface area contributed by atoms with Crippen molar-refractivity contribution in [3.05, 3.63) is 40.1 Å². The zero-order valence-corrected chi connectivity index (χ0v) is 10.4. The predicted molar refractivity (Wildman–Crippen MR) is 64.7 cm³/mol. The average Bonchev–Trinajstić information content (AvgIpc) is 2.69. The summed E-state index contributed by atoms with van der Waals surface area (Å²) in [6.07, 6.45) is 1.46. The van der Waals surface area contributed by atoms with Gasteiger partial charge in [0.25, 0.3) is 0 Å². The van der Waals surface area contributed by atoms with E-state index in [0.29, 0.717) is 12.2 Å². The molecule has 4 nitrogen and oxygen atoms in total. The molecule has 0 atom stereocenters. The third-order valence-electron chi connectivity index (χ3n) is 2.24. The van der Waals surface area contributed by atoms with Crippen LogP contribution in [0.1, 0.15) is 5.82 Å². The summed E-state index contributed by atoms with van der Waals surface area (Å²) in [5.74, 6) is 0.138. The Bertz CT molecular complexity index is 518. The van der Waals surface area contributed by atoms with Gasteiger partial charge in [0.05, 0.1) is 16.6 Å². The van der Waals surface area contributed by atoms with Crippen molar-refractivity contribution in [2.24, 2.45) is 7.05 Å². The van der Waals surface area contributed by atoms with E-state index < -0.39 is 5.82 Å². The van der Waals surface area contributed by atoms with Crippen LogP contribution >= 0.6 is 23.2 Å². The number of hydrogen-bond acceptors (Lipinski definition) is 3. The van der Waals surface area contributed by atoms with Gasteiger partial charge in [-0.2, -0.15) is 5.10 Å². The van der Waals surface area contributed by atoms with Crippen LogP contribution in [0.2, 0.25) is 10.0 Å². The van der Waals surface area contributed by atoms with Crippen molar-refractivity contribution >= 4 is 28.9 Å². The normalized spacial score (nSPS) is 10.6. The molecule has 0 radical (unpaired) electrons. The lowest BCUT2D eigenvalue weighted by Gasteiger charge is -2.07. The van der Waals surface area contributed by atoms with E-state index >= 15 is 0 Å². The van der Waals surface area contributed by atoms with E-state index in [9.17, 15) is 4.39 Å². The smallest absolute Gasteiger partial charge is 0.160 e. The lowest BCUT2D eigenvalue weighted by Crippen LogP contribution is -2.06.